The predicted molar refractivity (Wildman–Crippen MR) is 115 cm³/mol. The molecule has 0 spiro atoms. The second kappa shape index (κ2) is 7.73. The van der Waals surface area contributed by atoms with Crippen molar-refractivity contribution in [1.29, 1.82) is 0 Å². The highest BCUT2D eigenvalue weighted by molar-refractivity contribution is 9.11. The van der Waals surface area contributed by atoms with Crippen molar-refractivity contribution in [2.75, 3.05) is 5.32 Å². The standard InChI is InChI=1S/C20H14Br2N4O2/c1-12-6-9-19(28-20(27)23-15-8-7-13(21)11-14(15)22)18(10-12)26-24-16-4-2-3-5-17(16)25-26/h2-11H,1H3,(H,23,27). The number of anilines is 1. The number of rotatable bonds is 3. The number of fused-ring (bicyclic) bond motifs is 1. The molecular weight excluding hydrogens is 488 g/mol. The van der Waals surface area contributed by atoms with E-state index in [1.807, 2.05) is 55.5 Å². The second-order valence-corrected chi connectivity index (χ2v) is 7.86. The van der Waals surface area contributed by atoms with Gasteiger partial charge in [-0.3, -0.25) is 5.32 Å². The Hall–Kier alpha value is -2.71. The first-order valence-electron chi connectivity index (χ1n) is 8.36. The van der Waals surface area contributed by atoms with E-state index in [4.69, 9.17) is 4.74 Å². The number of ether oxygens (including phenoxy) is 1. The molecule has 0 radical (unpaired) electrons. The van der Waals surface area contributed by atoms with Gasteiger partial charge in [-0.05, 0) is 70.9 Å². The summed E-state index contributed by atoms with van der Waals surface area (Å²) in [6.07, 6.45) is -0.607. The molecule has 4 rings (SSSR count). The highest BCUT2D eigenvalue weighted by atomic mass is 79.9. The van der Waals surface area contributed by atoms with Gasteiger partial charge in [0, 0.05) is 8.95 Å². The van der Waals surface area contributed by atoms with Gasteiger partial charge in [0.1, 0.15) is 16.7 Å². The molecule has 1 heterocycles. The van der Waals surface area contributed by atoms with Crippen molar-refractivity contribution >= 4 is 54.7 Å². The maximum atomic E-state index is 12.4. The number of benzene rings is 3. The number of carbonyl (C=O) groups is 1. The Morgan fingerprint density at radius 1 is 1.00 bits per heavy atom. The minimum atomic E-state index is -0.607. The number of aryl methyl sites for hydroxylation is 1. The van der Waals surface area contributed by atoms with Gasteiger partial charge in [0.15, 0.2) is 5.75 Å². The van der Waals surface area contributed by atoms with Crippen LogP contribution in [0.25, 0.3) is 16.7 Å². The molecular formula is C20H14Br2N4O2. The molecule has 3 aromatic carbocycles. The molecule has 28 heavy (non-hydrogen) atoms. The maximum absolute atomic E-state index is 12.4. The predicted octanol–water partition coefficient (Wildman–Crippen LogP) is 5.86. The summed E-state index contributed by atoms with van der Waals surface area (Å²) in [7, 11) is 0. The zero-order valence-corrected chi connectivity index (χ0v) is 17.9. The van der Waals surface area contributed by atoms with E-state index in [-0.39, 0.29) is 0 Å². The lowest BCUT2D eigenvalue weighted by Crippen LogP contribution is -2.18. The van der Waals surface area contributed by atoms with Gasteiger partial charge in [0.2, 0.25) is 0 Å². The first-order valence-corrected chi connectivity index (χ1v) is 9.95. The van der Waals surface area contributed by atoms with Crippen LogP contribution < -0.4 is 10.1 Å². The topological polar surface area (TPSA) is 69.0 Å². The summed E-state index contributed by atoms with van der Waals surface area (Å²) >= 11 is 6.80. The van der Waals surface area contributed by atoms with Crippen LogP contribution in [0, 0.1) is 6.92 Å². The van der Waals surface area contributed by atoms with Gasteiger partial charge in [-0.15, -0.1) is 15.0 Å². The first kappa shape index (κ1) is 18.6. The molecule has 0 unspecified atom stereocenters. The van der Waals surface area contributed by atoms with Crippen molar-refractivity contribution < 1.29 is 9.53 Å². The van der Waals surface area contributed by atoms with Gasteiger partial charge in [-0.25, -0.2) is 4.79 Å². The van der Waals surface area contributed by atoms with Crippen LogP contribution in [-0.2, 0) is 0 Å². The zero-order valence-electron chi connectivity index (χ0n) is 14.7. The van der Waals surface area contributed by atoms with Gasteiger partial charge in [-0.1, -0.05) is 34.1 Å². The van der Waals surface area contributed by atoms with Crippen molar-refractivity contribution in [3.05, 3.63) is 75.2 Å². The molecule has 1 N–H and O–H groups in total. The smallest absolute Gasteiger partial charge is 0.408 e. The fourth-order valence-corrected chi connectivity index (χ4v) is 3.81. The normalized spacial score (nSPS) is 10.8. The summed E-state index contributed by atoms with van der Waals surface area (Å²) in [5.74, 6) is 0.358. The monoisotopic (exact) mass is 500 g/mol. The maximum Gasteiger partial charge on any atom is 0.417 e. The zero-order chi connectivity index (χ0) is 19.7. The Morgan fingerprint density at radius 2 is 1.71 bits per heavy atom. The Balaban J connectivity index is 1.63. The van der Waals surface area contributed by atoms with E-state index < -0.39 is 6.09 Å². The van der Waals surface area contributed by atoms with Crippen LogP contribution in [-0.4, -0.2) is 21.1 Å². The molecule has 0 aliphatic carbocycles. The van der Waals surface area contributed by atoms with Gasteiger partial charge in [-0.2, -0.15) is 0 Å². The van der Waals surface area contributed by atoms with Crippen LogP contribution in [0.4, 0.5) is 10.5 Å². The summed E-state index contributed by atoms with van der Waals surface area (Å²) < 4.78 is 7.19. The van der Waals surface area contributed by atoms with E-state index in [1.165, 1.54) is 4.80 Å². The number of hydrogen-bond acceptors (Lipinski definition) is 4. The molecule has 0 fully saturated rings. The average Bonchev–Trinajstić information content (AvgIpc) is 3.09. The molecule has 0 bridgehead atoms. The fraction of sp³-hybridized carbons (Fsp3) is 0.0500. The third kappa shape index (κ3) is 3.93. The van der Waals surface area contributed by atoms with E-state index in [0.29, 0.717) is 17.1 Å². The fourth-order valence-electron chi connectivity index (χ4n) is 2.66. The summed E-state index contributed by atoms with van der Waals surface area (Å²) in [6, 6.07) is 18.5. The average molecular weight is 502 g/mol. The number of nitrogens with one attached hydrogen (secondary N) is 1. The van der Waals surface area contributed by atoms with Crippen molar-refractivity contribution in [3.8, 4) is 11.4 Å². The molecule has 1 aromatic heterocycles. The molecule has 140 valence electrons. The van der Waals surface area contributed by atoms with E-state index in [9.17, 15) is 4.79 Å². The van der Waals surface area contributed by atoms with Crippen molar-refractivity contribution in [2.24, 2.45) is 0 Å². The number of carbonyl (C=O) groups excluding carboxylic acids is 1. The molecule has 6 nitrogen and oxygen atoms in total. The Bertz CT molecular complexity index is 1160. The third-order valence-corrected chi connectivity index (χ3v) is 5.14. The van der Waals surface area contributed by atoms with E-state index in [2.05, 4.69) is 47.4 Å². The van der Waals surface area contributed by atoms with Crippen LogP contribution in [0.15, 0.2) is 69.6 Å². The van der Waals surface area contributed by atoms with Crippen LogP contribution >= 0.6 is 31.9 Å². The van der Waals surface area contributed by atoms with Crippen LogP contribution in [0.2, 0.25) is 0 Å². The largest absolute Gasteiger partial charge is 0.417 e. The molecule has 8 heteroatoms. The number of nitrogens with zero attached hydrogens (tertiary/aromatic N) is 3. The minimum absolute atomic E-state index is 0.358. The van der Waals surface area contributed by atoms with Crippen molar-refractivity contribution in [3.63, 3.8) is 0 Å². The highest BCUT2D eigenvalue weighted by Gasteiger charge is 2.15. The molecule has 0 aliphatic heterocycles. The molecule has 1 amide bonds. The number of aromatic nitrogens is 3. The lowest BCUT2D eigenvalue weighted by molar-refractivity contribution is 0.215. The molecule has 4 aromatic rings. The molecule has 0 saturated carbocycles. The van der Waals surface area contributed by atoms with Gasteiger partial charge in [0.25, 0.3) is 0 Å². The third-order valence-electron chi connectivity index (χ3n) is 3.99. The van der Waals surface area contributed by atoms with Gasteiger partial charge < -0.3 is 4.74 Å². The van der Waals surface area contributed by atoms with E-state index in [1.54, 1.807) is 12.1 Å². The number of halogens is 2. The quantitative estimate of drug-likeness (QED) is 0.381. The Morgan fingerprint density at radius 3 is 2.39 bits per heavy atom. The summed E-state index contributed by atoms with van der Waals surface area (Å²) in [4.78, 5) is 13.9. The van der Waals surface area contributed by atoms with Crippen LogP contribution in [0.3, 0.4) is 0 Å². The molecule has 0 atom stereocenters. The molecule has 0 saturated heterocycles. The Labute approximate surface area is 177 Å². The SMILES string of the molecule is Cc1ccc(OC(=O)Nc2ccc(Br)cc2Br)c(-n2nc3ccccc3n2)c1. The van der Waals surface area contributed by atoms with Crippen molar-refractivity contribution in [1.82, 2.24) is 15.0 Å². The van der Waals surface area contributed by atoms with Crippen LogP contribution in [0.1, 0.15) is 5.56 Å². The van der Waals surface area contributed by atoms with Gasteiger partial charge in [0.05, 0.1) is 5.69 Å². The van der Waals surface area contributed by atoms with Crippen molar-refractivity contribution in [2.45, 2.75) is 6.92 Å². The van der Waals surface area contributed by atoms with Gasteiger partial charge >= 0.3 is 6.09 Å². The first-order chi connectivity index (χ1) is 13.5. The van der Waals surface area contributed by atoms with E-state index >= 15 is 0 Å². The summed E-state index contributed by atoms with van der Waals surface area (Å²) in [5, 5.41) is 11.7. The second-order valence-electron chi connectivity index (χ2n) is 6.09. The summed E-state index contributed by atoms with van der Waals surface area (Å²) in [5.41, 5.74) is 3.71. The highest BCUT2D eigenvalue weighted by Crippen LogP contribution is 2.28. The number of hydrogen-bond donors (Lipinski definition) is 1. The van der Waals surface area contributed by atoms with E-state index in [0.717, 1.165) is 25.5 Å². The number of amides is 1. The lowest BCUT2D eigenvalue weighted by Gasteiger charge is -2.12. The minimum Gasteiger partial charge on any atom is -0.408 e. The molecule has 0 aliphatic rings. The lowest BCUT2D eigenvalue weighted by atomic mass is 10.2. The Kier molecular flexibility index (Phi) is 5.15. The summed E-state index contributed by atoms with van der Waals surface area (Å²) in [6.45, 7) is 1.95. The van der Waals surface area contributed by atoms with Crippen LogP contribution in [0.5, 0.6) is 5.75 Å².